The molecule has 28 heavy (non-hydrogen) atoms. The summed E-state index contributed by atoms with van der Waals surface area (Å²) in [4.78, 5) is 48.7. The number of benzene rings is 1. The van der Waals surface area contributed by atoms with E-state index in [1.165, 1.54) is 6.92 Å². The number of amides is 3. The van der Waals surface area contributed by atoms with Crippen molar-refractivity contribution in [3.05, 3.63) is 35.9 Å². The molecule has 9 nitrogen and oxygen atoms in total. The minimum absolute atomic E-state index is 0.127. The fourth-order valence-electron chi connectivity index (χ4n) is 2.49. The van der Waals surface area contributed by atoms with E-state index in [4.69, 9.17) is 10.2 Å². The average Bonchev–Trinajstić information content (AvgIpc) is 2.95. The molecule has 2 rings (SSSR count). The number of hydrogen-bond acceptors (Lipinski definition) is 6. The number of hydrogen-bond donors (Lipinski definition) is 3. The topological polar surface area (TPSA) is 127 Å². The van der Waals surface area contributed by atoms with E-state index in [1.54, 1.807) is 25.9 Å². The lowest BCUT2D eigenvalue weighted by Crippen LogP contribution is -2.49. The van der Waals surface area contributed by atoms with E-state index in [0.29, 0.717) is 6.54 Å². The van der Waals surface area contributed by atoms with Crippen LogP contribution in [0, 0.1) is 0 Å². The van der Waals surface area contributed by atoms with E-state index in [9.17, 15) is 19.2 Å². The molecule has 1 aliphatic heterocycles. The number of aliphatic hydroxyl groups excluding tert-OH is 1. The monoisotopic (exact) mass is 393 g/mol. The lowest BCUT2D eigenvalue weighted by molar-refractivity contribution is -0.147. The minimum atomic E-state index is -1.23. The summed E-state index contributed by atoms with van der Waals surface area (Å²) >= 11 is 0. The molecule has 1 saturated heterocycles. The van der Waals surface area contributed by atoms with Crippen molar-refractivity contribution in [2.24, 2.45) is 0 Å². The SMILES string of the molecule is CC(C(=O)NCc1ccccc1)N1C(=O)CC(N(C)C)C1=O.CC(O)C(=O)O. The van der Waals surface area contributed by atoms with Crippen LogP contribution in [-0.4, -0.2) is 76.0 Å². The number of aliphatic hydroxyl groups is 1. The molecule has 0 aromatic heterocycles. The van der Waals surface area contributed by atoms with Gasteiger partial charge in [0.1, 0.15) is 12.1 Å². The van der Waals surface area contributed by atoms with Crippen LogP contribution in [0.4, 0.5) is 0 Å². The van der Waals surface area contributed by atoms with Crippen LogP contribution in [0.2, 0.25) is 0 Å². The Balaban J connectivity index is 0.000000568. The molecule has 0 aliphatic carbocycles. The van der Waals surface area contributed by atoms with Gasteiger partial charge in [-0.2, -0.15) is 0 Å². The Bertz CT molecular complexity index is 705. The van der Waals surface area contributed by atoms with Crippen LogP contribution < -0.4 is 5.32 Å². The Morgan fingerprint density at radius 1 is 1.21 bits per heavy atom. The number of nitrogens with one attached hydrogen (secondary N) is 1. The van der Waals surface area contributed by atoms with Gasteiger partial charge in [-0.25, -0.2) is 4.79 Å². The Labute approximate surface area is 163 Å². The number of likely N-dealkylation sites (N-methyl/N-ethyl adjacent to an activating group) is 1. The predicted octanol–water partition coefficient (Wildman–Crippen LogP) is -0.168. The highest BCUT2D eigenvalue weighted by Gasteiger charge is 2.43. The van der Waals surface area contributed by atoms with Crippen molar-refractivity contribution in [1.82, 2.24) is 15.1 Å². The first-order chi connectivity index (χ1) is 13.1. The van der Waals surface area contributed by atoms with Gasteiger partial charge in [-0.3, -0.25) is 24.2 Å². The van der Waals surface area contributed by atoms with Gasteiger partial charge in [0.15, 0.2) is 0 Å². The van der Waals surface area contributed by atoms with Crippen LogP contribution in [0.3, 0.4) is 0 Å². The van der Waals surface area contributed by atoms with E-state index < -0.39 is 24.2 Å². The molecular weight excluding hydrogens is 366 g/mol. The van der Waals surface area contributed by atoms with E-state index in [0.717, 1.165) is 10.5 Å². The number of rotatable bonds is 6. The number of aliphatic carboxylic acids is 1. The second kappa shape index (κ2) is 10.5. The van der Waals surface area contributed by atoms with Gasteiger partial charge in [0, 0.05) is 6.54 Å². The Kier molecular flexibility index (Phi) is 8.75. The summed E-state index contributed by atoms with van der Waals surface area (Å²) in [5, 5.41) is 18.5. The number of carbonyl (C=O) groups is 4. The molecule has 1 aromatic carbocycles. The largest absolute Gasteiger partial charge is 0.479 e. The molecule has 1 aromatic rings. The average molecular weight is 393 g/mol. The van der Waals surface area contributed by atoms with Crippen molar-refractivity contribution < 1.29 is 29.4 Å². The van der Waals surface area contributed by atoms with Crippen LogP contribution in [0.1, 0.15) is 25.8 Å². The maximum absolute atomic E-state index is 12.3. The molecule has 0 bridgehead atoms. The Morgan fingerprint density at radius 3 is 2.18 bits per heavy atom. The first-order valence-corrected chi connectivity index (χ1v) is 8.81. The summed E-state index contributed by atoms with van der Waals surface area (Å²) in [5.41, 5.74) is 0.966. The first kappa shape index (κ1) is 23.3. The summed E-state index contributed by atoms with van der Waals surface area (Å²) < 4.78 is 0. The molecule has 154 valence electrons. The number of likely N-dealkylation sites (tertiary alicyclic amines) is 1. The van der Waals surface area contributed by atoms with Crippen molar-refractivity contribution >= 4 is 23.7 Å². The summed E-state index contributed by atoms with van der Waals surface area (Å²) in [7, 11) is 3.50. The van der Waals surface area contributed by atoms with Gasteiger partial charge in [-0.1, -0.05) is 30.3 Å². The van der Waals surface area contributed by atoms with Crippen LogP contribution in [-0.2, 0) is 25.7 Å². The third kappa shape index (κ3) is 6.43. The van der Waals surface area contributed by atoms with Crippen LogP contribution in [0.15, 0.2) is 30.3 Å². The molecule has 3 unspecified atom stereocenters. The Morgan fingerprint density at radius 2 is 1.75 bits per heavy atom. The third-order valence-corrected chi connectivity index (χ3v) is 4.22. The van der Waals surface area contributed by atoms with Crippen molar-refractivity contribution in [3.8, 4) is 0 Å². The molecular formula is C19H27N3O6. The molecule has 3 atom stereocenters. The lowest BCUT2D eigenvalue weighted by atomic mass is 10.2. The van der Waals surface area contributed by atoms with Gasteiger partial charge in [0.05, 0.1) is 12.5 Å². The van der Waals surface area contributed by atoms with Crippen molar-refractivity contribution in [1.29, 1.82) is 0 Å². The second-order valence-electron chi connectivity index (χ2n) is 6.68. The number of imide groups is 1. The van der Waals surface area contributed by atoms with E-state index >= 15 is 0 Å². The standard InChI is InChI=1S/C16H21N3O3.C3H6O3/c1-11(15(21)17-10-12-7-5-4-6-8-12)19-14(20)9-13(16(19)22)18(2)3;1-2(4)3(5)6/h4-8,11,13H,9-10H2,1-3H3,(H,17,21);2,4H,1H3,(H,5,6). The van der Waals surface area contributed by atoms with Crippen molar-refractivity contribution in [2.45, 2.75) is 45.0 Å². The van der Waals surface area contributed by atoms with Crippen LogP contribution in [0.5, 0.6) is 0 Å². The van der Waals surface area contributed by atoms with Gasteiger partial charge >= 0.3 is 5.97 Å². The smallest absolute Gasteiger partial charge is 0.332 e. The minimum Gasteiger partial charge on any atom is -0.479 e. The molecule has 9 heteroatoms. The fourth-order valence-corrected chi connectivity index (χ4v) is 2.49. The highest BCUT2D eigenvalue weighted by molar-refractivity contribution is 6.08. The normalized spacial score (nSPS) is 18.4. The zero-order chi connectivity index (χ0) is 21.4. The molecule has 1 aliphatic rings. The quantitative estimate of drug-likeness (QED) is 0.573. The summed E-state index contributed by atoms with van der Waals surface area (Å²) in [6.45, 7) is 3.15. The van der Waals surface area contributed by atoms with Gasteiger partial charge < -0.3 is 15.5 Å². The highest BCUT2D eigenvalue weighted by Crippen LogP contribution is 2.19. The van der Waals surface area contributed by atoms with Gasteiger partial charge in [-0.05, 0) is 33.5 Å². The fraction of sp³-hybridized carbons (Fsp3) is 0.474. The first-order valence-electron chi connectivity index (χ1n) is 8.81. The highest BCUT2D eigenvalue weighted by atomic mass is 16.4. The summed E-state index contributed by atoms with van der Waals surface area (Å²) in [6, 6.07) is 8.21. The number of carbonyl (C=O) groups excluding carboxylic acids is 3. The number of carboxylic acids is 1. The van der Waals surface area contributed by atoms with Crippen molar-refractivity contribution in [3.63, 3.8) is 0 Å². The molecule has 1 fully saturated rings. The van der Waals surface area contributed by atoms with Gasteiger partial charge in [0.25, 0.3) is 0 Å². The molecule has 0 spiro atoms. The molecule has 1 heterocycles. The molecule has 3 amide bonds. The molecule has 0 radical (unpaired) electrons. The maximum atomic E-state index is 12.3. The molecule has 0 saturated carbocycles. The summed E-state index contributed by atoms with van der Waals surface area (Å²) in [5.74, 6) is -2.12. The van der Waals surface area contributed by atoms with Gasteiger partial charge in [0.2, 0.25) is 17.7 Å². The Hall–Kier alpha value is -2.78. The van der Waals surface area contributed by atoms with Crippen LogP contribution >= 0.6 is 0 Å². The third-order valence-electron chi connectivity index (χ3n) is 4.22. The predicted molar refractivity (Wildman–Crippen MR) is 101 cm³/mol. The van der Waals surface area contributed by atoms with E-state index in [2.05, 4.69) is 5.32 Å². The summed E-state index contributed by atoms with van der Waals surface area (Å²) in [6.07, 6.45) is -1.10. The maximum Gasteiger partial charge on any atom is 0.332 e. The zero-order valence-corrected chi connectivity index (χ0v) is 16.5. The van der Waals surface area contributed by atoms with E-state index in [-0.39, 0.29) is 24.1 Å². The zero-order valence-electron chi connectivity index (χ0n) is 16.5. The lowest BCUT2D eigenvalue weighted by Gasteiger charge is -2.23. The number of nitrogens with zero attached hydrogens (tertiary/aromatic N) is 2. The second-order valence-corrected chi connectivity index (χ2v) is 6.68. The van der Waals surface area contributed by atoms with Crippen molar-refractivity contribution in [2.75, 3.05) is 14.1 Å². The molecule has 3 N–H and O–H groups in total. The van der Waals surface area contributed by atoms with E-state index in [1.807, 2.05) is 30.3 Å². The number of carboxylic acid groups (broad SMARTS) is 1. The van der Waals surface area contributed by atoms with Gasteiger partial charge in [-0.15, -0.1) is 0 Å². The van der Waals surface area contributed by atoms with Crippen LogP contribution in [0.25, 0.3) is 0 Å².